The number of hydrogen-bond donors (Lipinski definition) is 2. The first-order valence-corrected chi connectivity index (χ1v) is 6.57. The molecule has 20 heavy (non-hydrogen) atoms. The molecule has 0 bridgehead atoms. The summed E-state index contributed by atoms with van der Waals surface area (Å²) >= 11 is 0. The Hall–Kier alpha value is -2.15. The van der Waals surface area contributed by atoms with Crippen molar-refractivity contribution in [3.05, 3.63) is 28.3 Å². The number of methoxy groups -OCH3 is 1. The Morgan fingerprint density at radius 2 is 2.35 bits per heavy atom. The average Bonchev–Trinajstić information content (AvgIpc) is 3.18. The molecule has 0 radical (unpaired) electrons. The maximum atomic E-state index is 12.2. The van der Waals surface area contributed by atoms with Crippen molar-refractivity contribution < 1.29 is 9.53 Å². The first-order chi connectivity index (χ1) is 9.69. The summed E-state index contributed by atoms with van der Waals surface area (Å²) in [6.45, 7) is 1.08. The number of carbonyl (C=O) groups excluding carboxylic acids is 1. The van der Waals surface area contributed by atoms with Gasteiger partial charge < -0.3 is 14.6 Å². The number of nitrogens with zero attached hydrogens (tertiary/aromatic N) is 2. The molecule has 3 aliphatic rings. The number of H-pyrrole nitrogens is 1. The van der Waals surface area contributed by atoms with Crippen LogP contribution in [0.5, 0.6) is 0 Å². The summed E-state index contributed by atoms with van der Waals surface area (Å²) in [6, 6.07) is 0.260. The predicted molar refractivity (Wildman–Crippen MR) is 71.8 cm³/mol. The average molecular weight is 276 g/mol. The summed E-state index contributed by atoms with van der Waals surface area (Å²) in [6.07, 6.45) is 5.42. The lowest BCUT2D eigenvalue weighted by molar-refractivity contribution is 0.0950. The summed E-state index contributed by atoms with van der Waals surface area (Å²) < 4.78 is 6.80. The van der Waals surface area contributed by atoms with Gasteiger partial charge in [-0.25, -0.2) is 5.10 Å². The number of hydrogen-bond acceptors (Lipinski definition) is 4. The van der Waals surface area contributed by atoms with Crippen molar-refractivity contribution in [2.24, 2.45) is 0 Å². The van der Waals surface area contributed by atoms with Crippen molar-refractivity contribution in [2.45, 2.75) is 25.4 Å². The van der Waals surface area contributed by atoms with Gasteiger partial charge in [0.05, 0.1) is 17.7 Å². The van der Waals surface area contributed by atoms with Crippen LogP contribution in [0.1, 0.15) is 23.2 Å². The molecule has 7 heteroatoms. The first kappa shape index (κ1) is 12.9. The Balaban J connectivity index is 1.98. The van der Waals surface area contributed by atoms with Gasteiger partial charge in [-0.3, -0.25) is 9.59 Å². The fourth-order valence-electron chi connectivity index (χ4n) is 2.07. The maximum absolute atomic E-state index is 12.2. The van der Waals surface area contributed by atoms with Gasteiger partial charge >= 0.3 is 0 Å². The molecule has 0 aromatic heterocycles. The Labute approximate surface area is 115 Å². The number of aromatic nitrogens is 3. The summed E-state index contributed by atoms with van der Waals surface area (Å²) in [5, 5.41) is 9.25. The number of nitrogens with one attached hydrogen (secondary N) is 2. The van der Waals surface area contributed by atoms with Crippen molar-refractivity contribution in [1.29, 1.82) is 0 Å². The molecule has 1 fully saturated rings. The van der Waals surface area contributed by atoms with Gasteiger partial charge in [0, 0.05) is 32.1 Å². The Morgan fingerprint density at radius 1 is 1.55 bits per heavy atom. The van der Waals surface area contributed by atoms with E-state index in [1.807, 2.05) is 0 Å². The minimum Gasteiger partial charge on any atom is -0.383 e. The molecule has 0 atom stereocenters. The second kappa shape index (κ2) is 5.09. The van der Waals surface area contributed by atoms with Crippen LogP contribution in [0.4, 0.5) is 0 Å². The van der Waals surface area contributed by atoms with Gasteiger partial charge in [0.15, 0.2) is 0 Å². The summed E-state index contributed by atoms with van der Waals surface area (Å²) in [7, 11) is 1.61. The van der Waals surface area contributed by atoms with Gasteiger partial charge in [0.1, 0.15) is 5.69 Å². The van der Waals surface area contributed by atoms with Gasteiger partial charge in [-0.15, -0.1) is 0 Å². The third kappa shape index (κ3) is 2.44. The van der Waals surface area contributed by atoms with Crippen LogP contribution in [-0.2, 0) is 11.3 Å². The zero-order valence-corrected chi connectivity index (χ0v) is 11.2. The highest BCUT2D eigenvalue weighted by Crippen LogP contribution is 2.23. The van der Waals surface area contributed by atoms with Crippen molar-refractivity contribution in [1.82, 2.24) is 20.1 Å². The lowest BCUT2D eigenvalue weighted by Gasteiger charge is -2.12. The zero-order valence-electron chi connectivity index (χ0n) is 11.2. The van der Waals surface area contributed by atoms with Crippen molar-refractivity contribution in [3.63, 3.8) is 0 Å². The van der Waals surface area contributed by atoms with Gasteiger partial charge in [0.25, 0.3) is 11.5 Å². The molecular weight excluding hydrogens is 260 g/mol. The molecule has 3 rings (SSSR count). The van der Waals surface area contributed by atoms with Crippen LogP contribution >= 0.6 is 0 Å². The summed E-state index contributed by atoms with van der Waals surface area (Å²) in [5.74, 6) is -0.184. The number of pyridine rings is 1. The minimum atomic E-state index is -0.285. The molecule has 7 nitrogen and oxygen atoms in total. The molecule has 0 aromatic rings. The molecular formula is C13H16N4O3. The van der Waals surface area contributed by atoms with Gasteiger partial charge in [-0.2, -0.15) is 5.10 Å². The molecule has 0 saturated heterocycles. The van der Waals surface area contributed by atoms with E-state index < -0.39 is 0 Å². The molecule has 1 saturated carbocycles. The van der Waals surface area contributed by atoms with Crippen LogP contribution in [-0.4, -0.2) is 40.4 Å². The van der Waals surface area contributed by atoms with Crippen LogP contribution in [0.3, 0.4) is 0 Å². The molecule has 1 aliphatic carbocycles. The molecule has 2 heterocycles. The molecule has 2 aliphatic heterocycles. The largest absolute Gasteiger partial charge is 0.383 e. The van der Waals surface area contributed by atoms with E-state index in [9.17, 15) is 9.59 Å². The topological polar surface area (TPSA) is 89.0 Å². The fourth-order valence-corrected chi connectivity index (χ4v) is 2.07. The highest BCUT2D eigenvalue weighted by molar-refractivity contribution is 6.00. The Morgan fingerprint density at radius 3 is 3.05 bits per heavy atom. The molecule has 106 valence electrons. The molecule has 0 aromatic carbocycles. The van der Waals surface area contributed by atoms with E-state index >= 15 is 0 Å². The smallest absolute Gasteiger partial charge is 0.275 e. The number of ether oxygens (including phenoxy) is 1. The van der Waals surface area contributed by atoms with E-state index in [1.54, 1.807) is 24.1 Å². The lowest BCUT2D eigenvalue weighted by Crippen LogP contribution is -2.27. The quantitative estimate of drug-likeness (QED) is 0.817. The number of carbonyl (C=O) groups is 1. The van der Waals surface area contributed by atoms with E-state index in [2.05, 4.69) is 15.5 Å². The normalized spacial score (nSPS) is 14.7. The van der Waals surface area contributed by atoms with Crippen molar-refractivity contribution >= 4 is 5.91 Å². The second-order valence-electron chi connectivity index (χ2n) is 4.97. The van der Waals surface area contributed by atoms with E-state index in [0.29, 0.717) is 30.0 Å². The SMILES string of the molecule is COCCn1cc(C(=O)NC2CC2)c2n[nH]c(=O)c-2c1. The zero-order chi connectivity index (χ0) is 14.1. The lowest BCUT2D eigenvalue weighted by atomic mass is 10.1. The van der Waals surface area contributed by atoms with Gasteiger partial charge in [-0.05, 0) is 12.8 Å². The molecule has 0 spiro atoms. The van der Waals surface area contributed by atoms with E-state index in [1.165, 1.54) is 0 Å². The van der Waals surface area contributed by atoms with Crippen LogP contribution < -0.4 is 10.9 Å². The Bertz CT molecular complexity index is 656. The van der Waals surface area contributed by atoms with E-state index in [4.69, 9.17) is 4.74 Å². The van der Waals surface area contributed by atoms with Gasteiger partial charge in [-0.1, -0.05) is 0 Å². The van der Waals surface area contributed by atoms with Crippen LogP contribution in [0.2, 0.25) is 0 Å². The van der Waals surface area contributed by atoms with Crippen molar-refractivity contribution in [3.8, 4) is 11.3 Å². The molecule has 0 unspecified atom stereocenters. The van der Waals surface area contributed by atoms with E-state index in [-0.39, 0.29) is 17.5 Å². The number of fused-ring (bicyclic) bond motifs is 1. The summed E-state index contributed by atoms with van der Waals surface area (Å²) in [4.78, 5) is 24.0. The number of aromatic amines is 1. The third-order valence-corrected chi connectivity index (χ3v) is 3.32. The van der Waals surface area contributed by atoms with Gasteiger partial charge in [0.2, 0.25) is 0 Å². The first-order valence-electron chi connectivity index (χ1n) is 6.57. The predicted octanol–water partition coefficient (Wildman–Crippen LogP) is 0.215. The Kier molecular flexibility index (Phi) is 3.27. The molecule has 2 N–H and O–H groups in total. The minimum absolute atomic E-state index is 0.184. The van der Waals surface area contributed by atoms with E-state index in [0.717, 1.165) is 12.8 Å². The van der Waals surface area contributed by atoms with Crippen LogP contribution in [0, 0.1) is 0 Å². The maximum Gasteiger partial charge on any atom is 0.275 e. The highest BCUT2D eigenvalue weighted by atomic mass is 16.5. The standard InChI is InChI=1S/C13H16N4O3/c1-20-5-4-17-6-9(12(18)14-8-2-3-8)11-10(7-17)13(19)16-15-11/h6-8H,2-5H2,1H3,(H,14,18)(H,16,19). The third-order valence-electron chi connectivity index (χ3n) is 3.32. The number of rotatable bonds is 5. The summed E-state index contributed by atoms with van der Waals surface area (Å²) in [5.41, 5.74) is 0.974. The molecule has 1 amide bonds. The van der Waals surface area contributed by atoms with Crippen LogP contribution in [0.25, 0.3) is 11.3 Å². The highest BCUT2D eigenvalue weighted by Gasteiger charge is 2.27. The van der Waals surface area contributed by atoms with Crippen LogP contribution in [0.15, 0.2) is 17.2 Å². The number of amides is 1. The monoisotopic (exact) mass is 276 g/mol. The fraction of sp³-hybridized carbons (Fsp3) is 0.462. The van der Waals surface area contributed by atoms with Crippen molar-refractivity contribution in [2.75, 3.05) is 13.7 Å². The second-order valence-corrected chi connectivity index (χ2v) is 4.97.